The molecule has 0 fully saturated rings. The molecule has 0 atom stereocenters. The van der Waals surface area contributed by atoms with Crippen LogP contribution in [0.1, 0.15) is 6.42 Å². The van der Waals surface area contributed by atoms with Crippen LogP contribution in [0.15, 0.2) is 46.9 Å². The lowest BCUT2D eigenvalue weighted by Gasteiger charge is -2.09. The van der Waals surface area contributed by atoms with Gasteiger partial charge in [0.15, 0.2) is 5.88 Å². The number of anilines is 1. The molecule has 0 aliphatic heterocycles. The van der Waals surface area contributed by atoms with E-state index in [-0.39, 0.29) is 0 Å². The van der Waals surface area contributed by atoms with Crippen LogP contribution in [0.3, 0.4) is 0 Å². The number of benzene rings is 1. The summed E-state index contributed by atoms with van der Waals surface area (Å²) in [5.41, 5.74) is 1.11. The lowest BCUT2D eigenvalue weighted by Crippen LogP contribution is -2.16. The topological polar surface area (TPSA) is 28.4 Å². The fraction of sp³-hybridized carbons (Fsp3) is 0.333. The molecule has 0 unspecified atom stereocenters. The van der Waals surface area contributed by atoms with Gasteiger partial charge in [-0.2, -0.15) is 0 Å². The summed E-state index contributed by atoms with van der Waals surface area (Å²) in [4.78, 5) is 2.18. The minimum absolute atomic E-state index is 0.840. The van der Waals surface area contributed by atoms with Crippen LogP contribution in [0.4, 0.5) is 5.88 Å². The zero-order chi connectivity index (χ0) is 12.8. The molecular formula is C15H20N2O. The van der Waals surface area contributed by atoms with Crippen molar-refractivity contribution in [1.29, 1.82) is 0 Å². The first-order chi connectivity index (χ1) is 8.75. The second-order valence-electron chi connectivity index (χ2n) is 4.61. The highest BCUT2D eigenvalue weighted by Crippen LogP contribution is 2.24. The third kappa shape index (κ3) is 3.64. The van der Waals surface area contributed by atoms with Gasteiger partial charge in [-0.15, -0.1) is 0 Å². The van der Waals surface area contributed by atoms with Crippen LogP contribution >= 0.6 is 0 Å². The molecule has 2 aromatic rings. The average molecular weight is 244 g/mol. The molecule has 0 radical (unpaired) electrons. The molecule has 3 nitrogen and oxygen atoms in total. The van der Waals surface area contributed by atoms with Gasteiger partial charge >= 0.3 is 0 Å². The van der Waals surface area contributed by atoms with Crippen molar-refractivity contribution in [3.8, 4) is 11.3 Å². The Morgan fingerprint density at radius 1 is 1.06 bits per heavy atom. The monoisotopic (exact) mass is 244 g/mol. The van der Waals surface area contributed by atoms with Gasteiger partial charge in [-0.3, -0.25) is 0 Å². The Labute approximate surface area is 108 Å². The summed E-state index contributed by atoms with van der Waals surface area (Å²) >= 11 is 0. The third-order valence-electron chi connectivity index (χ3n) is 2.75. The van der Waals surface area contributed by atoms with Crippen LogP contribution in [-0.4, -0.2) is 32.1 Å². The van der Waals surface area contributed by atoms with Crippen molar-refractivity contribution in [2.75, 3.05) is 32.5 Å². The van der Waals surface area contributed by atoms with Crippen LogP contribution in [0, 0.1) is 0 Å². The maximum atomic E-state index is 5.75. The van der Waals surface area contributed by atoms with Crippen LogP contribution < -0.4 is 5.32 Å². The molecule has 0 bridgehead atoms. The Hall–Kier alpha value is -1.74. The van der Waals surface area contributed by atoms with Gasteiger partial charge in [0, 0.05) is 18.2 Å². The van der Waals surface area contributed by atoms with Crippen LogP contribution in [0.25, 0.3) is 11.3 Å². The van der Waals surface area contributed by atoms with Crippen molar-refractivity contribution in [1.82, 2.24) is 4.90 Å². The standard InChI is InChI=1S/C15H20N2O/c1-17(2)12-6-11-16-15-10-9-14(18-15)13-7-4-3-5-8-13/h3-5,7-10,16H,6,11-12H2,1-2H3. The number of hydrogen-bond donors (Lipinski definition) is 1. The Balaban J connectivity index is 1.87. The van der Waals surface area contributed by atoms with E-state index in [0.29, 0.717) is 0 Å². The van der Waals surface area contributed by atoms with Gasteiger partial charge in [-0.25, -0.2) is 0 Å². The fourth-order valence-electron chi connectivity index (χ4n) is 1.80. The van der Waals surface area contributed by atoms with Crippen molar-refractivity contribution in [2.45, 2.75) is 6.42 Å². The van der Waals surface area contributed by atoms with E-state index < -0.39 is 0 Å². The molecule has 2 rings (SSSR count). The minimum Gasteiger partial charge on any atom is -0.441 e. The first-order valence-corrected chi connectivity index (χ1v) is 6.29. The zero-order valence-corrected chi connectivity index (χ0v) is 11.0. The van der Waals surface area contributed by atoms with Crippen molar-refractivity contribution in [3.05, 3.63) is 42.5 Å². The normalized spacial score (nSPS) is 10.8. The van der Waals surface area contributed by atoms with Gasteiger partial charge in [0.1, 0.15) is 5.76 Å². The summed E-state index contributed by atoms with van der Waals surface area (Å²) in [5.74, 6) is 1.75. The fourth-order valence-corrected chi connectivity index (χ4v) is 1.80. The molecule has 0 saturated carbocycles. The second kappa shape index (κ2) is 6.26. The molecule has 1 heterocycles. The van der Waals surface area contributed by atoms with E-state index in [2.05, 4.69) is 36.4 Å². The molecule has 0 aliphatic carbocycles. The summed E-state index contributed by atoms with van der Waals surface area (Å²) < 4.78 is 5.75. The lowest BCUT2D eigenvalue weighted by molar-refractivity contribution is 0.404. The maximum Gasteiger partial charge on any atom is 0.193 e. The number of hydrogen-bond acceptors (Lipinski definition) is 3. The van der Waals surface area contributed by atoms with Gasteiger partial charge in [0.05, 0.1) is 0 Å². The quantitative estimate of drug-likeness (QED) is 0.790. The second-order valence-corrected chi connectivity index (χ2v) is 4.61. The van der Waals surface area contributed by atoms with Gasteiger partial charge in [-0.05, 0) is 33.1 Å². The van der Waals surface area contributed by atoms with Crippen LogP contribution in [0.2, 0.25) is 0 Å². The molecule has 1 aromatic carbocycles. The Kier molecular flexibility index (Phi) is 4.42. The van der Waals surface area contributed by atoms with E-state index in [1.807, 2.05) is 30.3 Å². The molecule has 0 spiro atoms. The van der Waals surface area contributed by atoms with E-state index in [1.165, 1.54) is 0 Å². The summed E-state index contributed by atoms with van der Waals surface area (Å²) in [6.07, 6.45) is 1.11. The number of nitrogens with one attached hydrogen (secondary N) is 1. The van der Waals surface area contributed by atoms with E-state index in [4.69, 9.17) is 4.42 Å². The molecule has 96 valence electrons. The molecule has 0 amide bonds. The van der Waals surface area contributed by atoms with E-state index in [1.54, 1.807) is 0 Å². The largest absolute Gasteiger partial charge is 0.441 e. The zero-order valence-electron chi connectivity index (χ0n) is 11.0. The molecule has 1 N–H and O–H groups in total. The Bertz CT molecular complexity index is 462. The van der Waals surface area contributed by atoms with E-state index >= 15 is 0 Å². The number of rotatable bonds is 6. The molecule has 0 saturated heterocycles. The van der Waals surface area contributed by atoms with Crippen molar-refractivity contribution < 1.29 is 4.42 Å². The first kappa shape index (κ1) is 12.7. The first-order valence-electron chi connectivity index (χ1n) is 6.29. The molecule has 18 heavy (non-hydrogen) atoms. The summed E-state index contributed by atoms with van der Waals surface area (Å²) in [7, 11) is 4.17. The van der Waals surface area contributed by atoms with Gasteiger partial charge in [0.25, 0.3) is 0 Å². The van der Waals surface area contributed by atoms with Crippen molar-refractivity contribution in [2.24, 2.45) is 0 Å². The van der Waals surface area contributed by atoms with Gasteiger partial charge in [-0.1, -0.05) is 30.3 Å². The average Bonchev–Trinajstić information content (AvgIpc) is 2.84. The van der Waals surface area contributed by atoms with Crippen LogP contribution in [-0.2, 0) is 0 Å². The number of furan rings is 1. The Morgan fingerprint density at radius 2 is 1.83 bits per heavy atom. The van der Waals surface area contributed by atoms with Gasteiger partial charge in [0.2, 0.25) is 0 Å². The lowest BCUT2D eigenvalue weighted by atomic mass is 10.2. The predicted octanol–water partition coefficient (Wildman–Crippen LogP) is 3.31. The summed E-state index contributed by atoms with van der Waals surface area (Å²) in [5, 5.41) is 3.30. The molecule has 3 heteroatoms. The third-order valence-corrected chi connectivity index (χ3v) is 2.75. The highest BCUT2D eigenvalue weighted by Gasteiger charge is 2.03. The molecular weight excluding hydrogens is 224 g/mol. The maximum absolute atomic E-state index is 5.75. The molecule has 0 aliphatic rings. The smallest absolute Gasteiger partial charge is 0.193 e. The summed E-state index contributed by atoms with van der Waals surface area (Å²) in [6.45, 7) is 2.01. The SMILES string of the molecule is CN(C)CCCNc1ccc(-c2ccccc2)o1. The van der Waals surface area contributed by atoms with Crippen molar-refractivity contribution in [3.63, 3.8) is 0 Å². The highest BCUT2D eigenvalue weighted by atomic mass is 16.4. The Morgan fingerprint density at radius 3 is 2.56 bits per heavy atom. The number of nitrogens with zero attached hydrogens (tertiary/aromatic N) is 1. The van der Waals surface area contributed by atoms with Crippen molar-refractivity contribution >= 4 is 5.88 Å². The summed E-state index contributed by atoms with van der Waals surface area (Å²) in [6, 6.07) is 14.1. The highest BCUT2D eigenvalue weighted by molar-refractivity contribution is 5.59. The van der Waals surface area contributed by atoms with Crippen LogP contribution in [0.5, 0.6) is 0 Å². The minimum atomic E-state index is 0.840. The van der Waals surface area contributed by atoms with E-state index in [9.17, 15) is 0 Å². The van der Waals surface area contributed by atoms with Gasteiger partial charge < -0.3 is 14.6 Å². The molecule has 1 aromatic heterocycles. The predicted molar refractivity (Wildman–Crippen MR) is 75.8 cm³/mol. The van der Waals surface area contributed by atoms with E-state index in [0.717, 1.165) is 36.7 Å².